The zero-order valence-electron chi connectivity index (χ0n) is 24.2. The van der Waals surface area contributed by atoms with E-state index in [2.05, 4.69) is 39.7 Å². The third kappa shape index (κ3) is 4.92. The maximum absolute atomic E-state index is 14.6. The van der Waals surface area contributed by atoms with Crippen molar-refractivity contribution in [1.82, 2.24) is 19.5 Å². The molecule has 0 aliphatic heterocycles. The summed E-state index contributed by atoms with van der Waals surface area (Å²) in [5, 5.41) is 7.11. The number of carbonyl (C=O) groups is 2. The normalized spacial score (nSPS) is 14.5. The molecule has 1 N–H and O–H groups in total. The van der Waals surface area contributed by atoms with E-state index < -0.39 is 23.9 Å². The van der Waals surface area contributed by atoms with Gasteiger partial charge < -0.3 is 9.47 Å². The fourth-order valence-corrected chi connectivity index (χ4v) is 6.02. The Morgan fingerprint density at radius 2 is 1.70 bits per heavy atom. The van der Waals surface area contributed by atoms with Crippen molar-refractivity contribution in [2.45, 2.75) is 37.8 Å². The quantitative estimate of drug-likeness (QED) is 0.228. The molecule has 2 aliphatic carbocycles. The molecule has 0 unspecified atom stereocenters. The Morgan fingerprint density at radius 1 is 1.00 bits per heavy atom. The molecule has 1 saturated carbocycles. The van der Waals surface area contributed by atoms with Crippen molar-refractivity contribution in [3.8, 4) is 28.0 Å². The number of hydrogen-bond acceptors (Lipinski definition) is 6. The molecule has 1 fully saturated rings. The van der Waals surface area contributed by atoms with Crippen molar-refractivity contribution in [3.05, 3.63) is 102 Å². The van der Waals surface area contributed by atoms with E-state index in [0.29, 0.717) is 22.5 Å². The summed E-state index contributed by atoms with van der Waals surface area (Å²) in [6.07, 6.45) is 2.70. The average molecular weight is 592 g/mol. The number of nitrogens with one attached hydrogen (secondary N) is 1. The van der Waals surface area contributed by atoms with Crippen LogP contribution in [0, 0.1) is 5.82 Å². The molecule has 2 amide bonds. The van der Waals surface area contributed by atoms with E-state index >= 15 is 0 Å². The number of fused-ring (bicyclic) bond motifs is 4. The maximum Gasteiger partial charge on any atom is 0.410 e. The minimum Gasteiger partial charge on any atom is -0.496 e. The number of anilines is 1. The van der Waals surface area contributed by atoms with Crippen LogP contribution < -0.4 is 10.1 Å². The third-order valence-corrected chi connectivity index (χ3v) is 8.33. The van der Waals surface area contributed by atoms with Gasteiger partial charge in [0.05, 0.1) is 12.7 Å². The number of rotatable bonds is 8. The second-order valence-corrected chi connectivity index (χ2v) is 11.1. The molecule has 10 heteroatoms. The van der Waals surface area contributed by atoms with Gasteiger partial charge >= 0.3 is 6.09 Å². The summed E-state index contributed by atoms with van der Waals surface area (Å²) in [5.41, 5.74) is 5.85. The molecule has 0 spiro atoms. The Labute approximate surface area is 253 Å². The zero-order chi connectivity index (χ0) is 30.4. The number of benzene rings is 3. The number of ether oxygens (including phenoxy) is 2. The van der Waals surface area contributed by atoms with Gasteiger partial charge in [-0.25, -0.2) is 13.7 Å². The summed E-state index contributed by atoms with van der Waals surface area (Å²) in [6, 6.07) is 23.4. The van der Waals surface area contributed by atoms with Crippen molar-refractivity contribution in [3.63, 3.8) is 0 Å². The van der Waals surface area contributed by atoms with Crippen LogP contribution in [0.2, 0.25) is 0 Å². The Balaban J connectivity index is 1.06. The van der Waals surface area contributed by atoms with Gasteiger partial charge in [-0.15, -0.1) is 5.10 Å². The summed E-state index contributed by atoms with van der Waals surface area (Å²) in [7, 11) is 1.48. The van der Waals surface area contributed by atoms with Gasteiger partial charge in [0.25, 0.3) is 0 Å². The summed E-state index contributed by atoms with van der Waals surface area (Å²) in [5.74, 6) is -0.479. The molecule has 9 nitrogen and oxygen atoms in total. The van der Waals surface area contributed by atoms with Crippen LogP contribution in [0.4, 0.5) is 15.1 Å². The van der Waals surface area contributed by atoms with E-state index in [4.69, 9.17) is 9.47 Å². The molecule has 0 saturated heterocycles. The number of nitrogens with zero attached hydrogens (tertiary/aromatic N) is 4. The number of methoxy groups -OCH3 is 1. The van der Waals surface area contributed by atoms with Crippen molar-refractivity contribution >= 4 is 23.6 Å². The SMILES string of the molecule is COc1cccc(F)c1-c1ccc2nc(NC(=O)[C@@H](C)N(C(=O)OCC3c4ccccc4-c4ccccc43)C3CC3)nn2c1. The first-order valence-electron chi connectivity index (χ1n) is 14.6. The second kappa shape index (κ2) is 11.1. The van der Waals surface area contributed by atoms with Crippen molar-refractivity contribution < 1.29 is 23.5 Å². The van der Waals surface area contributed by atoms with Crippen molar-refractivity contribution in [2.24, 2.45) is 0 Å². The molecule has 2 aromatic heterocycles. The lowest BCUT2D eigenvalue weighted by Crippen LogP contribution is -2.47. The highest BCUT2D eigenvalue weighted by molar-refractivity contribution is 5.95. The largest absolute Gasteiger partial charge is 0.496 e. The molecule has 0 radical (unpaired) electrons. The highest BCUT2D eigenvalue weighted by Crippen LogP contribution is 2.44. The van der Waals surface area contributed by atoms with Gasteiger partial charge in [-0.1, -0.05) is 54.6 Å². The van der Waals surface area contributed by atoms with E-state index in [-0.39, 0.29) is 24.5 Å². The molecule has 1 atom stereocenters. The molecule has 44 heavy (non-hydrogen) atoms. The molecule has 222 valence electrons. The fraction of sp³-hybridized carbons (Fsp3) is 0.235. The molecular formula is C34H30FN5O4. The van der Waals surface area contributed by atoms with Crippen LogP contribution in [0.1, 0.15) is 36.8 Å². The molecule has 2 heterocycles. The van der Waals surface area contributed by atoms with Crippen LogP contribution in [-0.4, -0.2) is 57.3 Å². The monoisotopic (exact) mass is 591 g/mol. The molecule has 5 aromatic rings. The maximum atomic E-state index is 14.6. The fourth-order valence-electron chi connectivity index (χ4n) is 6.02. The predicted molar refractivity (Wildman–Crippen MR) is 163 cm³/mol. The molecule has 7 rings (SSSR count). The summed E-state index contributed by atoms with van der Waals surface area (Å²) >= 11 is 0. The third-order valence-electron chi connectivity index (χ3n) is 8.33. The lowest BCUT2D eigenvalue weighted by molar-refractivity contribution is -0.120. The summed E-state index contributed by atoms with van der Waals surface area (Å²) < 4.78 is 27.3. The van der Waals surface area contributed by atoms with Crippen LogP contribution in [0.25, 0.3) is 27.9 Å². The number of pyridine rings is 1. The van der Waals surface area contributed by atoms with Crippen molar-refractivity contribution in [1.29, 1.82) is 0 Å². The minimum absolute atomic E-state index is 0.0706. The molecular weight excluding hydrogens is 561 g/mol. The number of carbonyl (C=O) groups excluding carboxylic acids is 2. The van der Waals surface area contributed by atoms with Gasteiger partial charge in [0.15, 0.2) is 5.65 Å². The number of amides is 2. The topological polar surface area (TPSA) is 98.1 Å². The molecule has 3 aromatic carbocycles. The number of hydrogen-bond donors (Lipinski definition) is 1. The highest BCUT2D eigenvalue weighted by Gasteiger charge is 2.40. The summed E-state index contributed by atoms with van der Waals surface area (Å²) in [6.45, 7) is 1.85. The lowest BCUT2D eigenvalue weighted by Gasteiger charge is -2.28. The van der Waals surface area contributed by atoms with Gasteiger partial charge in [-0.2, -0.15) is 4.98 Å². The number of halogens is 1. The Hall–Kier alpha value is -5.25. The minimum atomic E-state index is -0.817. The van der Waals surface area contributed by atoms with Gasteiger partial charge in [-0.05, 0) is 66.3 Å². The first-order chi connectivity index (χ1) is 21.4. The van der Waals surface area contributed by atoms with Crippen LogP contribution in [0.3, 0.4) is 0 Å². The Morgan fingerprint density at radius 3 is 2.39 bits per heavy atom. The summed E-state index contributed by atoms with van der Waals surface area (Å²) in [4.78, 5) is 32.7. The number of aromatic nitrogens is 3. The van der Waals surface area contributed by atoms with Crippen LogP contribution >= 0.6 is 0 Å². The second-order valence-electron chi connectivity index (χ2n) is 11.1. The van der Waals surface area contributed by atoms with E-state index in [1.54, 1.807) is 37.4 Å². The van der Waals surface area contributed by atoms with Crippen LogP contribution in [0.15, 0.2) is 85.1 Å². The first-order valence-corrected chi connectivity index (χ1v) is 14.6. The van der Waals surface area contributed by atoms with Gasteiger partial charge in [-0.3, -0.25) is 15.0 Å². The van der Waals surface area contributed by atoms with Gasteiger partial charge in [0.1, 0.15) is 24.2 Å². The van der Waals surface area contributed by atoms with E-state index in [1.165, 1.54) is 22.6 Å². The highest BCUT2D eigenvalue weighted by atomic mass is 19.1. The van der Waals surface area contributed by atoms with Gasteiger partial charge in [0.2, 0.25) is 11.9 Å². The predicted octanol–water partition coefficient (Wildman–Crippen LogP) is 6.28. The molecule has 2 aliphatic rings. The lowest BCUT2D eigenvalue weighted by atomic mass is 9.98. The standard InChI is InChI=1S/C34H30FN5O4/c1-20(32(41)37-33-36-30-17-14-21(18-39(30)38-33)31-28(35)12-7-13-29(31)43-2)40(22-15-16-22)34(42)44-19-27-25-10-5-3-8-23(25)24-9-4-6-11-26(24)27/h3-14,17-18,20,22,27H,15-16,19H2,1-2H3,(H,37,38,41)/t20-/m1/s1. The van der Waals surface area contributed by atoms with Crippen molar-refractivity contribution in [2.75, 3.05) is 19.0 Å². The van der Waals surface area contributed by atoms with E-state index in [1.807, 2.05) is 24.3 Å². The van der Waals surface area contributed by atoms with E-state index in [9.17, 15) is 14.0 Å². The van der Waals surface area contributed by atoms with Gasteiger partial charge in [0, 0.05) is 23.7 Å². The van der Waals surface area contributed by atoms with E-state index in [0.717, 1.165) is 35.1 Å². The molecule has 0 bridgehead atoms. The Kier molecular flexibility index (Phi) is 6.96. The van der Waals surface area contributed by atoms with Crippen LogP contribution in [0.5, 0.6) is 5.75 Å². The smallest absolute Gasteiger partial charge is 0.410 e. The first kappa shape index (κ1) is 27.6. The average Bonchev–Trinajstić information content (AvgIpc) is 3.70. The van der Waals surface area contributed by atoms with Crippen LogP contribution in [-0.2, 0) is 9.53 Å². The zero-order valence-corrected chi connectivity index (χ0v) is 24.2. The Bertz CT molecular complexity index is 1860.